The summed E-state index contributed by atoms with van der Waals surface area (Å²) in [7, 11) is -3.76. The average Bonchev–Trinajstić information content (AvgIpc) is 2.84. The Morgan fingerprint density at radius 3 is 2.48 bits per heavy atom. The molecule has 3 aromatic rings. The lowest BCUT2D eigenvalue weighted by Crippen LogP contribution is -2.40. The van der Waals surface area contributed by atoms with Crippen LogP contribution in [0.4, 0.5) is 5.69 Å². The zero-order valence-electron chi connectivity index (χ0n) is 17.5. The molecule has 1 aliphatic heterocycles. The molecule has 1 heterocycles. The van der Waals surface area contributed by atoms with E-state index in [-0.39, 0.29) is 28.7 Å². The van der Waals surface area contributed by atoms with Crippen LogP contribution >= 0.6 is 11.6 Å². The normalized spacial score (nSPS) is 14.7. The Kier molecular flexibility index (Phi) is 6.94. The molecule has 4 rings (SSSR count). The molecule has 8 nitrogen and oxygen atoms in total. The van der Waals surface area contributed by atoms with Gasteiger partial charge in [-0.3, -0.25) is 4.79 Å². The van der Waals surface area contributed by atoms with Crippen LogP contribution in [0.5, 0.6) is 0 Å². The molecule has 33 heavy (non-hydrogen) atoms. The Bertz CT molecular complexity index is 1310. The van der Waals surface area contributed by atoms with E-state index in [0.717, 1.165) is 10.8 Å². The van der Waals surface area contributed by atoms with Crippen LogP contribution in [-0.2, 0) is 24.3 Å². The van der Waals surface area contributed by atoms with Crippen molar-refractivity contribution in [3.8, 4) is 0 Å². The van der Waals surface area contributed by atoms with Gasteiger partial charge in [-0.15, -0.1) is 0 Å². The molecule has 1 N–H and O–H groups in total. The minimum Gasteiger partial charge on any atom is -0.452 e. The Morgan fingerprint density at radius 2 is 1.73 bits per heavy atom. The van der Waals surface area contributed by atoms with Gasteiger partial charge in [0.25, 0.3) is 5.91 Å². The predicted molar refractivity (Wildman–Crippen MR) is 124 cm³/mol. The van der Waals surface area contributed by atoms with E-state index in [1.165, 1.54) is 22.5 Å². The lowest BCUT2D eigenvalue weighted by atomic mass is 10.1. The first-order chi connectivity index (χ1) is 15.8. The van der Waals surface area contributed by atoms with Crippen molar-refractivity contribution < 1.29 is 27.5 Å². The third-order valence-electron chi connectivity index (χ3n) is 5.14. The molecular weight excluding hydrogens is 468 g/mol. The highest BCUT2D eigenvalue weighted by Gasteiger charge is 2.27. The standard InChI is InChI=1S/C23H21ClN2O6S/c24-20-8-7-19(33(29,30)26-9-11-31-12-10-26)14-21(20)25-22(27)15-32-23(28)18-6-5-16-3-1-2-4-17(16)13-18/h1-8,13-14H,9-12,15H2,(H,25,27). The number of benzene rings is 3. The number of morpholine rings is 1. The fourth-order valence-electron chi connectivity index (χ4n) is 3.41. The zero-order chi connectivity index (χ0) is 23.4. The Morgan fingerprint density at radius 1 is 1.00 bits per heavy atom. The number of anilines is 1. The number of nitrogens with one attached hydrogen (secondary N) is 1. The number of fused-ring (bicyclic) bond motifs is 1. The van der Waals surface area contributed by atoms with Crippen molar-refractivity contribution in [3.05, 3.63) is 71.2 Å². The maximum Gasteiger partial charge on any atom is 0.338 e. The van der Waals surface area contributed by atoms with Crippen LogP contribution in [0.3, 0.4) is 0 Å². The van der Waals surface area contributed by atoms with E-state index in [4.69, 9.17) is 21.1 Å². The molecule has 1 aliphatic rings. The predicted octanol–water partition coefficient (Wildman–Crippen LogP) is 3.31. The van der Waals surface area contributed by atoms with E-state index in [2.05, 4.69) is 5.32 Å². The molecule has 172 valence electrons. The molecule has 0 bridgehead atoms. The van der Waals surface area contributed by atoms with Gasteiger partial charge >= 0.3 is 5.97 Å². The van der Waals surface area contributed by atoms with Gasteiger partial charge in [-0.25, -0.2) is 13.2 Å². The van der Waals surface area contributed by atoms with Crippen LogP contribution in [0, 0.1) is 0 Å². The smallest absolute Gasteiger partial charge is 0.338 e. The lowest BCUT2D eigenvalue weighted by Gasteiger charge is -2.26. The first-order valence-corrected chi connectivity index (χ1v) is 12.0. The third kappa shape index (κ3) is 5.33. The van der Waals surface area contributed by atoms with Crippen molar-refractivity contribution in [2.45, 2.75) is 4.90 Å². The van der Waals surface area contributed by atoms with E-state index < -0.39 is 28.5 Å². The summed E-state index contributed by atoms with van der Waals surface area (Å²) in [5, 5.41) is 4.52. The molecule has 0 spiro atoms. The fourth-order valence-corrected chi connectivity index (χ4v) is 5.01. The quantitative estimate of drug-likeness (QED) is 0.534. The van der Waals surface area contributed by atoms with Crippen molar-refractivity contribution in [2.24, 2.45) is 0 Å². The summed E-state index contributed by atoms with van der Waals surface area (Å²) < 4.78 is 37.3. The topological polar surface area (TPSA) is 102 Å². The molecule has 0 saturated carbocycles. The first kappa shape index (κ1) is 23.2. The van der Waals surface area contributed by atoms with Gasteiger partial charge in [0, 0.05) is 13.1 Å². The minimum atomic E-state index is -3.76. The molecule has 0 radical (unpaired) electrons. The molecule has 10 heteroatoms. The number of hydrogen-bond acceptors (Lipinski definition) is 6. The molecule has 0 atom stereocenters. The van der Waals surface area contributed by atoms with Gasteiger partial charge in [0.05, 0.1) is 34.4 Å². The average molecular weight is 489 g/mol. The van der Waals surface area contributed by atoms with Gasteiger partial charge in [0.15, 0.2) is 6.61 Å². The highest BCUT2D eigenvalue weighted by Crippen LogP contribution is 2.27. The Hall–Kier alpha value is -2.98. The van der Waals surface area contributed by atoms with Crippen LogP contribution in [0.2, 0.25) is 5.02 Å². The monoisotopic (exact) mass is 488 g/mol. The van der Waals surface area contributed by atoms with Crippen LogP contribution in [0.15, 0.2) is 65.6 Å². The van der Waals surface area contributed by atoms with Crippen molar-refractivity contribution in [1.82, 2.24) is 4.31 Å². The number of carbonyl (C=O) groups excluding carboxylic acids is 2. The maximum atomic E-state index is 12.8. The molecule has 1 fully saturated rings. The SMILES string of the molecule is O=C(COC(=O)c1ccc2ccccc2c1)Nc1cc(S(=O)(=O)N2CCOCC2)ccc1Cl. The van der Waals surface area contributed by atoms with Crippen LogP contribution < -0.4 is 5.32 Å². The second-order valence-electron chi connectivity index (χ2n) is 7.34. The summed E-state index contributed by atoms with van der Waals surface area (Å²) in [6, 6.07) is 16.7. The van der Waals surface area contributed by atoms with Crippen LogP contribution in [0.25, 0.3) is 10.8 Å². The van der Waals surface area contributed by atoms with E-state index >= 15 is 0 Å². The number of amides is 1. The molecule has 0 aromatic heterocycles. The van der Waals surface area contributed by atoms with Crippen molar-refractivity contribution in [1.29, 1.82) is 0 Å². The van der Waals surface area contributed by atoms with Gasteiger partial charge in [-0.1, -0.05) is 41.9 Å². The van der Waals surface area contributed by atoms with Gasteiger partial charge in [0.2, 0.25) is 10.0 Å². The highest BCUT2D eigenvalue weighted by molar-refractivity contribution is 7.89. The third-order valence-corrected chi connectivity index (χ3v) is 7.36. The van der Waals surface area contributed by atoms with Crippen LogP contribution in [0.1, 0.15) is 10.4 Å². The Balaban J connectivity index is 1.41. The largest absolute Gasteiger partial charge is 0.452 e. The van der Waals surface area contributed by atoms with E-state index in [0.29, 0.717) is 18.8 Å². The molecule has 1 amide bonds. The number of hydrogen-bond donors (Lipinski definition) is 1. The number of sulfonamides is 1. The highest BCUT2D eigenvalue weighted by atomic mass is 35.5. The van der Waals surface area contributed by atoms with Gasteiger partial charge in [0.1, 0.15) is 0 Å². The number of esters is 1. The fraction of sp³-hybridized carbons (Fsp3) is 0.217. The summed E-state index contributed by atoms with van der Waals surface area (Å²) in [6.45, 7) is 0.579. The number of rotatable bonds is 6. The molecule has 1 saturated heterocycles. The van der Waals surface area contributed by atoms with Crippen molar-refractivity contribution in [2.75, 3.05) is 38.2 Å². The second-order valence-corrected chi connectivity index (χ2v) is 9.69. The molecule has 0 aliphatic carbocycles. The van der Waals surface area contributed by atoms with Crippen molar-refractivity contribution in [3.63, 3.8) is 0 Å². The van der Waals surface area contributed by atoms with Crippen molar-refractivity contribution >= 4 is 50.0 Å². The number of halogens is 1. The van der Waals surface area contributed by atoms with Gasteiger partial charge in [-0.05, 0) is 41.1 Å². The summed E-state index contributed by atoms with van der Waals surface area (Å²) in [5.74, 6) is -1.29. The molecule has 0 unspecified atom stereocenters. The lowest BCUT2D eigenvalue weighted by molar-refractivity contribution is -0.119. The van der Waals surface area contributed by atoms with Gasteiger partial charge in [-0.2, -0.15) is 4.31 Å². The van der Waals surface area contributed by atoms with E-state index in [1.54, 1.807) is 18.2 Å². The number of ether oxygens (including phenoxy) is 2. The van der Waals surface area contributed by atoms with Gasteiger partial charge < -0.3 is 14.8 Å². The number of nitrogens with zero attached hydrogens (tertiary/aromatic N) is 1. The van der Waals surface area contributed by atoms with Crippen LogP contribution in [-0.4, -0.2) is 57.5 Å². The second kappa shape index (κ2) is 9.88. The Labute approximate surface area is 196 Å². The minimum absolute atomic E-state index is 0.00254. The number of carbonyl (C=O) groups is 2. The summed E-state index contributed by atoms with van der Waals surface area (Å²) in [6.07, 6.45) is 0. The first-order valence-electron chi connectivity index (χ1n) is 10.2. The zero-order valence-corrected chi connectivity index (χ0v) is 19.1. The molecule has 3 aromatic carbocycles. The summed E-state index contributed by atoms with van der Waals surface area (Å²) in [5.41, 5.74) is 0.427. The summed E-state index contributed by atoms with van der Waals surface area (Å²) >= 11 is 6.14. The maximum absolute atomic E-state index is 12.8. The van der Waals surface area contributed by atoms with E-state index in [9.17, 15) is 18.0 Å². The van der Waals surface area contributed by atoms with E-state index in [1.807, 2.05) is 24.3 Å². The summed E-state index contributed by atoms with van der Waals surface area (Å²) in [4.78, 5) is 24.7. The molecular formula is C23H21ClN2O6S.